The SMILES string of the molecule is Cc1cc(C(=O)OCCN2CCN(C(=O)C3CCC3)CC2)oc1C. The number of amides is 1. The maximum absolute atomic E-state index is 12.2. The van der Waals surface area contributed by atoms with E-state index < -0.39 is 5.97 Å². The second-order valence-electron chi connectivity index (χ2n) is 6.78. The highest BCUT2D eigenvalue weighted by Gasteiger charge is 2.31. The fourth-order valence-corrected chi connectivity index (χ4v) is 3.12. The molecule has 1 amide bonds. The normalized spacial score (nSPS) is 19.2. The van der Waals surface area contributed by atoms with Crippen LogP contribution in [0.3, 0.4) is 0 Å². The number of carbonyl (C=O) groups excluding carboxylic acids is 2. The Morgan fingerprint density at radius 1 is 1.21 bits per heavy atom. The number of aryl methyl sites for hydroxylation is 2. The summed E-state index contributed by atoms with van der Waals surface area (Å²) < 4.78 is 10.6. The van der Waals surface area contributed by atoms with E-state index in [0.29, 0.717) is 19.1 Å². The molecule has 0 radical (unpaired) electrons. The molecule has 2 aliphatic rings. The Kier molecular flexibility index (Phi) is 5.23. The molecule has 1 aromatic rings. The molecule has 6 nitrogen and oxygen atoms in total. The molecule has 132 valence electrons. The van der Waals surface area contributed by atoms with Crippen LogP contribution in [0.5, 0.6) is 0 Å². The molecule has 3 rings (SSSR count). The number of hydrogen-bond donors (Lipinski definition) is 0. The first-order valence-corrected chi connectivity index (χ1v) is 8.80. The smallest absolute Gasteiger partial charge is 0.374 e. The Labute approximate surface area is 142 Å². The zero-order chi connectivity index (χ0) is 17.1. The highest BCUT2D eigenvalue weighted by molar-refractivity contribution is 5.86. The average Bonchev–Trinajstić information content (AvgIpc) is 2.86. The summed E-state index contributed by atoms with van der Waals surface area (Å²) in [5.74, 6) is 1.20. The molecule has 0 unspecified atom stereocenters. The summed E-state index contributed by atoms with van der Waals surface area (Å²) in [6, 6.07) is 1.71. The monoisotopic (exact) mass is 334 g/mol. The van der Waals surface area contributed by atoms with E-state index in [9.17, 15) is 9.59 Å². The topological polar surface area (TPSA) is 63.0 Å². The highest BCUT2D eigenvalue weighted by atomic mass is 16.5. The van der Waals surface area contributed by atoms with Gasteiger partial charge in [-0.1, -0.05) is 6.42 Å². The van der Waals surface area contributed by atoms with Crippen LogP contribution < -0.4 is 0 Å². The summed E-state index contributed by atoms with van der Waals surface area (Å²) in [5.41, 5.74) is 0.953. The van der Waals surface area contributed by atoms with Crippen LogP contribution in [0, 0.1) is 19.8 Å². The van der Waals surface area contributed by atoms with Crippen molar-refractivity contribution in [2.45, 2.75) is 33.1 Å². The fraction of sp³-hybridized carbons (Fsp3) is 0.667. The van der Waals surface area contributed by atoms with E-state index in [1.54, 1.807) is 6.07 Å². The molecule has 0 N–H and O–H groups in total. The van der Waals surface area contributed by atoms with Crippen molar-refractivity contribution in [3.8, 4) is 0 Å². The molecule has 6 heteroatoms. The van der Waals surface area contributed by atoms with Crippen molar-refractivity contribution >= 4 is 11.9 Å². The van der Waals surface area contributed by atoms with Gasteiger partial charge in [0, 0.05) is 38.6 Å². The highest BCUT2D eigenvalue weighted by Crippen LogP contribution is 2.28. The number of esters is 1. The summed E-state index contributed by atoms with van der Waals surface area (Å²) in [4.78, 5) is 28.3. The average molecular weight is 334 g/mol. The second-order valence-corrected chi connectivity index (χ2v) is 6.78. The predicted octanol–water partition coefficient (Wildman–Crippen LogP) is 2.00. The van der Waals surface area contributed by atoms with Crippen molar-refractivity contribution in [2.75, 3.05) is 39.3 Å². The van der Waals surface area contributed by atoms with Gasteiger partial charge >= 0.3 is 5.97 Å². The minimum Gasteiger partial charge on any atom is -0.458 e. The van der Waals surface area contributed by atoms with Gasteiger partial charge in [0.1, 0.15) is 12.4 Å². The van der Waals surface area contributed by atoms with Crippen LogP contribution in [0.2, 0.25) is 0 Å². The summed E-state index contributed by atoms with van der Waals surface area (Å²) in [7, 11) is 0. The lowest BCUT2D eigenvalue weighted by Crippen LogP contribution is -2.51. The third-order valence-electron chi connectivity index (χ3n) is 5.15. The number of carbonyl (C=O) groups is 2. The van der Waals surface area contributed by atoms with Crippen molar-refractivity contribution in [3.05, 3.63) is 23.2 Å². The lowest BCUT2D eigenvalue weighted by atomic mass is 9.84. The van der Waals surface area contributed by atoms with Gasteiger partial charge in [-0.25, -0.2) is 4.79 Å². The predicted molar refractivity (Wildman–Crippen MR) is 88.8 cm³/mol. The van der Waals surface area contributed by atoms with Gasteiger partial charge in [0.05, 0.1) is 0 Å². The summed E-state index contributed by atoms with van der Waals surface area (Å²) in [6.07, 6.45) is 3.30. The largest absolute Gasteiger partial charge is 0.458 e. The van der Waals surface area contributed by atoms with E-state index in [2.05, 4.69) is 4.90 Å². The van der Waals surface area contributed by atoms with Crippen molar-refractivity contribution in [3.63, 3.8) is 0 Å². The first-order valence-electron chi connectivity index (χ1n) is 8.80. The maximum Gasteiger partial charge on any atom is 0.374 e. The van der Waals surface area contributed by atoms with E-state index in [1.807, 2.05) is 18.7 Å². The molecule has 1 saturated heterocycles. The van der Waals surface area contributed by atoms with Gasteiger partial charge in [0.25, 0.3) is 0 Å². The van der Waals surface area contributed by atoms with Crippen molar-refractivity contribution in [1.29, 1.82) is 0 Å². The van der Waals surface area contributed by atoms with Crippen molar-refractivity contribution in [1.82, 2.24) is 9.80 Å². The first-order chi connectivity index (χ1) is 11.5. The molecule has 2 fully saturated rings. The quantitative estimate of drug-likeness (QED) is 0.771. The third-order valence-corrected chi connectivity index (χ3v) is 5.15. The van der Waals surface area contributed by atoms with E-state index in [1.165, 1.54) is 6.42 Å². The minimum atomic E-state index is -0.412. The molecule has 0 atom stereocenters. The number of ether oxygens (including phenoxy) is 1. The molecule has 0 bridgehead atoms. The maximum atomic E-state index is 12.2. The molecule has 1 aromatic heterocycles. The van der Waals surface area contributed by atoms with Gasteiger partial charge in [-0.3, -0.25) is 9.69 Å². The summed E-state index contributed by atoms with van der Waals surface area (Å²) in [5, 5.41) is 0. The Bertz CT molecular complexity index is 579. The number of nitrogens with zero attached hydrogens (tertiary/aromatic N) is 2. The van der Waals surface area contributed by atoms with Gasteiger partial charge < -0.3 is 14.1 Å². The van der Waals surface area contributed by atoms with E-state index >= 15 is 0 Å². The van der Waals surface area contributed by atoms with Crippen LogP contribution in [-0.4, -0.2) is 61.0 Å². The molecular weight excluding hydrogens is 308 g/mol. The number of rotatable bonds is 5. The van der Waals surface area contributed by atoms with Crippen molar-refractivity contribution in [2.24, 2.45) is 5.92 Å². The summed E-state index contributed by atoms with van der Waals surface area (Å²) in [6.45, 7) is 8.00. The zero-order valence-corrected chi connectivity index (χ0v) is 14.5. The van der Waals surface area contributed by atoms with Crippen LogP contribution in [0.25, 0.3) is 0 Å². The third kappa shape index (κ3) is 3.80. The van der Waals surface area contributed by atoms with E-state index in [0.717, 1.165) is 50.3 Å². The molecular formula is C18H26N2O4. The van der Waals surface area contributed by atoms with E-state index in [4.69, 9.17) is 9.15 Å². The van der Waals surface area contributed by atoms with Gasteiger partial charge in [0.15, 0.2) is 0 Å². The zero-order valence-electron chi connectivity index (χ0n) is 14.5. The number of furan rings is 1. The van der Waals surface area contributed by atoms with Crippen LogP contribution in [0.4, 0.5) is 0 Å². The van der Waals surface area contributed by atoms with Crippen molar-refractivity contribution < 1.29 is 18.7 Å². The molecule has 1 aliphatic heterocycles. The molecule has 24 heavy (non-hydrogen) atoms. The Balaban J connectivity index is 1.36. The molecule has 2 heterocycles. The van der Waals surface area contributed by atoms with E-state index in [-0.39, 0.29) is 11.7 Å². The van der Waals surface area contributed by atoms with Crippen LogP contribution in [-0.2, 0) is 9.53 Å². The first kappa shape index (κ1) is 17.0. The van der Waals surface area contributed by atoms with Gasteiger partial charge in [-0.2, -0.15) is 0 Å². The summed E-state index contributed by atoms with van der Waals surface area (Å²) >= 11 is 0. The second kappa shape index (κ2) is 7.38. The van der Waals surface area contributed by atoms with Crippen LogP contribution >= 0.6 is 0 Å². The molecule has 0 aromatic carbocycles. The van der Waals surface area contributed by atoms with Crippen LogP contribution in [0.1, 0.15) is 41.1 Å². The fourth-order valence-electron chi connectivity index (χ4n) is 3.12. The Morgan fingerprint density at radius 2 is 1.92 bits per heavy atom. The standard InChI is InChI=1S/C18H26N2O4/c1-13-12-16(24-14(13)2)18(22)23-11-10-19-6-8-20(9-7-19)17(21)15-4-3-5-15/h12,15H,3-11H2,1-2H3. The van der Waals surface area contributed by atoms with Gasteiger partial charge in [0.2, 0.25) is 11.7 Å². The number of piperazine rings is 1. The van der Waals surface area contributed by atoms with Gasteiger partial charge in [-0.15, -0.1) is 0 Å². The lowest BCUT2D eigenvalue weighted by Gasteiger charge is -2.38. The lowest BCUT2D eigenvalue weighted by molar-refractivity contribution is -0.140. The number of hydrogen-bond acceptors (Lipinski definition) is 5. The Morgan fingerprint density at radius 3 is 2.46 bits per heavy atom. The Hall–Kier alpha value is -1.82. The molecule has 0 spiro atoms. The minimum absolute atomic E-state index is 0.265. The molecule has 1 saturated carbocycles. The molecule has 1 aliphatic carbocycles. The van der Waals surface area contributed by atoms with Crippen LogP contribution in [0.15, 0.2) is 10.5 Å². The van der Waals surface area contributed by atoms with Gasteiger partial charge in [-0.05, 0) is 38.3 Å².